The van der Waals surface area contributed by atoms with Crippen molar-refractivity contribution in [3.05, 3.63) is 35.4 Å². The fraction of sp³-hybridized carbons (Fsp3) is 0.526. The Kier molecular flexibility index (Phi) is 8.06. The minimum absolute atomic E-state index is 0. The normalized spacial score (nSPS) is 19.2. The lowest BCUT2D eigenvalue weighted by Crippen LogP contribution is -2.49. The smallest absolute Gasteiger partial charge is 0.254 e. The van der Waals surface area contributed by atoms with Gasteiger partial charge in [0.25, 0.3) is 5.91 Å². The number of benzene rings is 1. The predicted octanol–water partition coefficient (Wildman–Crippen LogP) is 0.686. The van der Waals surface area contributed by atoms with E-state index in [4.69, 9.17) is 0 Å². The quantitative estimate of drug-likeness (QED) is 0.662. The summed E-state index contributed by atoms with van der Waals surface area (Å²) in [6.07, 6.45) is 2.64. The highest BCUT2D eigenvalue weighted by molar-refractivity contribution is 5.97. The molecule has 2 aliphatic rings. The van der Waals surface area contributed by atoms with E-state index in [2.05, 4.69) is 16.0 Å². The number of amides is 3. The monoisotopic (exact) mass is 394 g/mol. The van der Waals surface area contributed by atoms with Crippen LogP contribution in [0.4, 0.5) is 0 Å². The number of hydrogen-bond acceptors (Lipinski definition) is 4. The molecule has 1 aromatic carbocycles. The van der Waals surface area contributed by atoms with Gasteiger partial charge in [0.2, 0.25) is 11.8 Å². The zero-order valence-corrected chi connectivity index (χ0v) is 16.1. The van der Waals surface area contributed by atoms with E-state index in [9.17, 15) is 14.4 Å². The second kappa shape index (κ2) is 10.3. The van der Waals surface area contributed by atoms with Crippen molar-refractivity contribution in [2.45, 2.75) is 25.8 Å². The number of halogens is 1. The van der Waals surface area contributed by atoms with E-state index >= 15 is 0 Å². The standard InChI is InChI=1S/C19H26N4O3.ClH/c24-17(6-3-15-7-8-20-11-15)22-12-14-1-4-16(5-2-14)19(26)23-10-9-21-18(25)13-23;/h1-2,4-5,15,20H,3,6-13H2,(H,21,25)(H,22,24);1H. The van der Waals surface area contributed by atoms with Crippen molar-refractivity contribution in [2.24, 2.45) is 5.92 Å². The van der Waals surface area contributed by atoms with E-state index in [-0.39, 0.29) is 36.7 Å². The number of carbonyl (C=O) groups excluding carboxylic acids is 3. The molecule has 2 aliphatic heterocycles. The summed E-state index contributed by atoms with van der Waals surface area (Å²) >= 11 is 0. The molecule has 0 spiro atoms. The maximum Gasteiger partial charge on any atom is 0.254 e. The number of rotatable bonds is 6. The fourth-order valence-electron chi connectivity index (χ4n) is 3.34. The van der Waals surface area contributed by atoms with Gasteiger partial charge in [-0.15, -0.1) is 12.4 Å². The number of carbonyl (C=O) groups is 3. The predicted molar refractivity (Wildman–Crippen MR) is 105 cm³/mol. The van der Waals surface area contributed by atoms with Gasteiger partial charge in [-0.05, 0) is 49.5 Å². The summed E-state index contributed by atoms with van der Waals surface area (Å²) in [6.45, 7) is 3.65. The molecule has 0 bridgehead atoms. The maximum atomic E-state index is 12.4. The minimum Gasteiger partial charge on any atom is -0.353 e. The topological polar surface area (TPSA) is 90.5 Å². The third-order valence-corrected chi connectivity index (χ3v) is 4.96. The van der Waals surface area contributed by atoms with Gasteiger partial charge in [-0.1, -0.05) is 12.1 Å². The van der Waals surface area contributed by atoms with E-state index in [1.165, 1.54) is 0 Å². The molecule has 0 aliphatic carbocycles. The van der Waals surface area contributed by atoms with Crippen LogP contribution in [0.15, 0.2) is 24.3 Å². The van der Waals surface area contributed by atoms with E-state index in [0.717, 1.165) is 31.5 Å². The molecule has 1 unspecified atom stereocenters. The average Bonchev–Trinajstić information content (AvgIpc) is 3.18. The van der Waals surface area contributed by atoms with Crippen molar-refractivity contribution in [1.82, 2.24) is 20.9 Å². The molecule has 1 aromatic rings. The minimum atomic E-state index is -0.138. The lowest BCUT2D eigenvalue weighted by atomic mass is 10.0. The van der Waals surface area contributed by atoms with Gasteiger partial charge in [0.05, 0.1) is 6.54 Å². The Morgan fingerprint density at radius 2 is 1.96 bits per heavy atom. The summed E-state index contributed by atoms with van der Waals surface area (Å²) in [5.74, 6) is 0.414. The van der Waals surface area contributed by atoms with Crippen molar-refractivity contribution in [3.8, 4) is 0 Å². The van der Waals surface area contributed by atoms with Crippen molar-refractivity contribution in [2.75, 3.05) is 32.7 Å². The SMILES string of the molecule is Cl.O=C(CCC1CCNC1)NCc1ccc(C(=O)N2CCNC(=O)C2)cc1. The summed E-state index contributed by atoms with van der Waals surface area (Å²) < 4.78 is 0. The molecule has 2 heterocycles. The summed E-state index contributed by atoms with van der Waals surface area (Å²) in [4.78, 5) is 37.3. The van der Waals surface area contributed by atoms with Gasteiger partial charge >= 0.3 is 0 Å². The number of hydrogen-bond donors (Lipinski definition) is 3. The second-order valence-corrected chi connectivity index (χ2v) is 6.95. The van der Waals surface area contributed by atoms with Crippen molar-refractivity contribution in [3.63, 3.8) is 0 Å². The molecule has 148 valence electrons. The molecule has 7 nitrogen and oxygen atoms in total. The lowest BCUT2D eigenvalue weighted by molar-refractivity contribution is -0.123. The van der Waals surface area contributed by atoms with Gasteiger partial charge in [0.15, 0.2) is 0 Å². The summed E-state index contributed by atoms with van der Waals surface area (Å²) in [7, 11) is 0. The Labute approximate surface area is 165 Å². The lowest BCUT2D eigenvalue weighted by Gasteiger charge is -2.26. The van der Waals surface area contributed by atoms with Gasteiger partial charge in [-0.3, -0.25) is 14.4 Å². The van der Waals surface area contributed by atoms with Crippen LogP contribution in [0.1, 0.15) is 35.2 Å². The molecule has 27 heavy (non-hydrogen) atoms. The third-order valence-electron chi connectivity index (χ3n) is 4.96. The fourth-order valence-corrected chi connectivity index (χ4v) is 3.34. The molecule has 0 saturated carbocycles. The first-order valence-corrected chi connectivity index (χ1v) is 9.24. The first-order chi connectivity index (χ1) is 12.6. The number of nitrogens with zero attached hydrogens (tertiary/aromatic N) is 1. The molecule has 0 aromatic heterocycles. The highest BCUT2D eigenvalue weighted by Crippen LogP contribution is 2.14. The molecule has 3 rings (SSSR count). The molecule has 0 radical (unpaired) electrons. The summed E-state index contributed by atoms with van der Waals surface area (Å²) in [5, 5.41) is 8.95. The van der Waals surface area contributed by atoms with E-state index < -0.39 is 0 Å². The van der Waals surface area contributed by atoms with Crippen LogP contribution in [0.2, 0.25) is 0 Å². The Balaban J connectivity index is 0.00000261. The van der Waals surface area contributed by atoms with E-state index in [0.29, 0.717) is 37.5 Å². The Bertz CT molecular complexity index is 659. The largest absolute Gasteiger partial charge is 0.353 e. The second-order valence-electron chi connectivity index (χ2n) is 6.95. The molecule has 8 heteroatoms. The molecule has 3 amide bonds. The Hall–Kier alpha value is -2.12. The molecular weight excluding hydrogens is 368 g/mol. The number of piperazine rings is 1. The van der Waals surface area contributed by atoms with Gasteiger partial charge < -0.3 is 20.9 Å². The Morgan fingerprint density at radius 3 is 2.63 bits per heavy atom. The highest BCUT2D eigenvalue weighted by Gasteiger charge is 2.22. The van der Waals surface area contributed by atoms with Crippen LogP contribution in [0.25, 0.3) is 0 Å². The van der Waals surface area contributed by atoms with Gasteiger partial charge in [-0.2, -0.15) is 0 Å². The number of nitrogens with one attached hydrogen (secondary N) is 3. The van der Waals surface area contributed by atoms with Crippen LogP contribution in [-0.2, 0) is 16.1 Å². The summed E-state index contributed by atoms with van der Waals surface area (Å²) in [5.41, 5.74) is 1.51. The zero-order valence-electron chi connectivity index (χ0n) is 15.3. The zero-order chi connectivity index (χ0) is 18.4. The summed E-state index contributed by atoms with van der Waals surface area (Å²) in [6, 6.07) is 7.19. The van der Waals surface area contributed by atoms with E-state index in [1.54, 1.807) is 17.0 Å². The van der Waals surface area contributed by atoms with Crippen molar-refractivity contribution in [1.29, 1.82) is 0 Å². The molecule has 3 N–H and O–H groups in total. The highest BCUT2D eigenvalue weighted by atomic mass is 35.5. The van der Waals surface area contributed by atoms with E-state index in [1.807, 2.05) is 12.1 Å². The maximum absolute atomic E-state index is 12.4. The molecule has 2 fully saturated rings. The molecular formula is C19H27ClN4O3. The van der Waals surface area contributed by atoms with Crippen LogP contribution in [0.3, 0.4) is 0 Å². The van der Waals surface area contributed by atoms with Gasteiger partial charge in [-0.25, -0.2) is 0 Å². The first kappa shape index (κ1) is 21.2. The van der Waals surface area contributed by atoms with Gasteiger partial charge in [0.1, 0.15) is 0 Å². The van der Waals surface area contributed by atoms with Crippen molar-refractivity contribution < 1.29 is 14.4 Å². The van der Waals surface area contributed by atoms with Crippen LogP contribution in [0.5, 0.6) is 0 Å². The van der Waals surface area contributed by atoms with Crippen LogP contribution < -0.4 is 16.0 Å². The molecule has 1 atom stereocenters. The van der Waals surface area contributed by atoms with Crippen LogP contribution in [0, 0.1) is 5.92 Å². The molecule has 2 saturated heterocycles. The van der Waals surface area contributed by atoms with Crippen molar-refractivity contribution >= 4 is 30.1 Å². The first-order valence-electron chi connectivity index (χ1n) is 9.24. The average molecular weight is 395 g/mol. The third kappa shape index (κ3) is 6.22. The van der Waals surface area contributed by atoms with Gasteiger partial charge in [0, 0.05) is 31.6 Å². The van der Waals surface area contributed by atoms with Crippen LogP contribution >= 0.6 is 12.4 Å². The Morgan fingerprint density at radius 1 is 1.19 bits per heavy atom. The van der Waals surface area contributed by atoms with Crippen LogP contribution in [-0.4, -0.2) is 55.3 Å².